The Morgan fingerprint density at radius 3 is 2.48 bits per heavy atom. The van der Waals surface area contributed by atoms with Gasteiger partial charge in [-0.15, -0.1) is 0 Å². The van der Waals surface area contributed by atoms with Crippen molar-refractivity contribution in [3.63, 3.8) is 0 Å². The lowest BCUT2D eigenvalue weighted by Crippen LogP contribution is -2.23. The molecule has 0 aliphatic heterocycles. The molecule has 1 N–H and O–H groups in total. The van der Waals surface area contributed by atoms with Crippen molar-refractivity contribution in [2.75, 3.05) is 26.0 Å². The van der Waals surface area contributed by atoms with Gasteiger partial charge in [0.15, 0.2) is 6.61 Å². The van der Waals surface area contributed by atoms with Gasteiger partial charge in [-0.1, -0.05) is 23.7 Å². The van der Waals surface area contributed by atoms with E-state index in [1.54, 1.807) is 0 Å². The maximum absolute atomic E-state index is 13.6. The Kier molecular flexibility index (Phi) is 6.53. The highest BCUT2D eigenvalue weighted by atomic mass is 35.5. The second-order valence-corrected chi connectivity index (χ2v) is 8.10. The van der Waals surface area contributed by atoms with Gasteiger partial charge in [-0.2, -0.15) is 0 Å². The summed E-state index contributed by atoms with van der Waals surface area (Å²) in [6.45, 7) is -0.700. The third kappa shape index (κ3) is 5.03. The van der Waals surface area contributed by atoms with E-state index in [2.05, 4.69) is 5.32 Å². The number of hydrogen-bond donors (Lipinski definition) is 1. The van der Waals surface area contributed by atoms with Crippen LogP contribution in [0.4, 0.5) is 10.1 Å². The van der Waals surface area contributed by atoms with E-state index >= 15 is 0 Å². The van der Waals surface area contributed by atoms with Gasteiger partial charge in [0.2, 0.25) is 10.0 Å². The summed E-state index contributed by atoms with van der Waals surface area (Å²) >= 11 is 5.75. The second-order valence-electron chi connectivity index (χ2n) is 5.54. The fraction of sp³-hybridized carbons (Fsp3) is 0.176. The van der Waals surface area contributed by atoms with Crippen LogP contribution in [0.15, 0.2) is 47.4 Å². The van der Waals surface area contributed by atoms with E-state index in [0.717, 1.165) is 10.4 Å². The van der Waals surface area contributed by atoms with Crippen LogP contribution in [-0.4, -0.2) is 45.3 Å². The van der Waals surface area contributed by atoms with Crippen LogP contribution in [0.1, 0.15) is 10.4 Å². The van der Waals surface area contributed by atoms with E-state index in [0.29, 0.717) is 0 Å². The highest BCUT2D eigenvalue weighted by Gasteiger charge is 2.20. The number of hydrogen-bond acceptors (Lipinski definition) is 5. The fourth-order valence-electron chi connectivity index (χ4n) is 2.04. The molecule has 0 fully saturated rings. The highest BCUT2D eigenvalue weighted by Crippen LogP contribution is 2.20. The molecule has 10 heteroatoms. The van der Waals surface area contributed by atoms with Gasteiger partial charge in [-0.25, -0.2) is 21.9 Å². The molecule has 144 valence electrons. The maximum atomic E-state index is 13.6. The molecule has 0 aliphatic rings. The minimum atomic E-state index is -3.67. The van der Waals surface area contributed by atoms with Crippen LogP contribution in [0.25, 0.3) is 0 Å². The number of carbonyl (C=O) groups excluding carboxylic acids is 2. The number of ether oxygens (including phenoxy) is 1. The molecule has 2 aromatic rings. The topological polar surface area (TPSA) is 92.8 Å². The van der Waals surface area contributed by atoms with Crippen molar-refractivity contribution in [2.45, 2.75) is 4.90 Å². The van der Waals surface area contributed by atoms with Crippen LogP contribution in [-0.2, 0) is 19.6 Å². The van der Waals surface area contributed by atoms with E-state index in [9.17, 15) is 22.4 Å². The Bertz CT molecular complexity index is 959. The summed E-state index contributed by atoms with van der Waals surface area (Å²) in [5.74, 6) is -2.68. The molecule has 0 bridgehead atoms. The summed E-state index contributed by atoms with van der Waals surface area (Å²) in [6.07, 6.45) is 0. The number of amides is 1. The largest absolute Gasteiger partial charge is 0.452 e. The molecular formula is C17H16ClFN2O5S. The van der Waals surface area contributed by atoms with Crippen molar-refractivity contribution in [2.24, 2.45) is 0 Å². The zero-order chi connectivity index (χ0) is 20.2. The minimum absolute atomic E-state index is 0.0135. The van der Waals surface area contributed by atoms with Crippen molar-refractivity contribution >= 4 is 39.2 Å². The monoisotopic (exact) mass is 414 g/mol. The number of rotatable bonds is 6. The lowest BCUT2D eigenvalue weighted by Gasteiger charge is -2.13. The van der Waals surface area contributed by atoms with Gasteiger partial charge in [0.05, 0.1) is 9.92 Å². The summed E-state index contributed by atoms with van der Waals surface area (Å²) in [4.78, 5) is 23.8. The molecule has 0 radical (unpaired) electrons. The first-order valence-electron chi connectivity index (χ1n) is 7.56. The van der Waals surface area contributed by atoms with E-state index in [4.69, 9.17) is 16.3 Å². The Balaban J connectivity index is 2.04. The molecule has 0 heterocycles. The molecule has 2 rings (SSSR count). The van der Waals surface area contributed by atoms with Crippen molar-refractivity contribution in [1.82, 2.24) is 4.31 Å². The lowest BCUT2D eigenvalue weighted by atomic mass is 10.2. The maximum Gasteiger partial charge on any atom is 0.343 e. The van der Waals surface area contributed by atoms with E-state index < -0.39 is 39.9 Å². The van der Waals surface area contributed by atoms with Crippen molar-refractivity contribution in [3.05, 3.63) is 58.9 Å². The van der Waals surface area contributed by atoms with Gasteiger partial charge in [0.25, 0.3) is 5.91 Å². The number of halogens is 2. The zero-order valence-corrected chi connectivity index (χ0v) is 16.0. The van der Waals surface area contributed by atoms with Gasteiger partial charge in [-0.05, 0) is 30.3 Å². The molecule has 0 aromatic heterocycles. The van der Waals surface area contributed by atoms with Gasteiger partial charge in [0.1, 0.15) is 11.4 Å². The van der Waals surface area contributed by atoms with E-state index in [1.165, 1.54) is 50.5 Å². The first-order chi connectivity index (χ1) is 12.6. The molecule has 7 nitrogen and oxygen atoms in total. The van der Waals surface area contributed by atoms with Crippen LogP contribution in [0.2, 0.25) is 5.02 Å². The molecule has 2 aromatic carbocycles. The number of anilines is 1. The Morgan fingerprint density at radius 2 is 1.85 bits per heavy atom. The summed E-state index contributed by atoms with van der Waals surface area (Å²) in [5, 5.41) is 2.27. The average Bonchev–Trinajstić information content (AvgIpc) is 2.60. The molecule has 27 heavy (non-hydrogen) atoms. The van der Waals surface area contributed by atoms with Crippen LogP contribution >= 0.6 is 11.6 Å². The normalized spacial score (nSPS) is 11.3. The predicted octanol–water partition coefficient (Wildman–Crippen LogP) is 2.52. The molecule has 0 saturated carbocycles. The summed E-state index contributed by atoms with van der Waals surface area (Å²) < 4.78 is 43.6. The minimum Gasteiger partial charge on any atom is -0.452 e. The third-order valence-electron chi connectivity index (χ3n) is 3.40. The number of nitrogens with zero attached hydrogens (tertiary/aromatic N) is 1. The molecule has 0 spiro atoms. The SMILES string of the molecule is CN(C)S(=O)(=O)c1cccc(NC(=O)COC(=O)c2c(F)cccc2Cl)c1. The highest BCUT2D eigenvalue weighted by molar-refractivity contribution is 7.89. The van der Waals surface area contributed by atoms with Crippen LogP contribution in [0.5, 0.6) is 0 Å². The predicted molar refractivity (Wildman–Crippen MR) is 97.6 cm³/mol. The smallest absolute Gasteiger partial charge is 0.343 e. The molecule has 0 atom stereocenters. The molecule has 1 amide bonds. The number of carbonyl (C=O) groups is 2. The van der Waals surface area contributed by atoms with Crippen LogP contribution < -0.4 is 5.32 Å². The second kappa shape index (κ2) is 8.47. The summed E-state index contributed by atoms with van der Waals surface area (Å²) in [5.41, 5.74) is -0.270. The summed E-state index contributed by atoms with van der Waals surface area (Å²) in [6, 6.07) is 9.26. The lowest BCUT2D eigenvalue weighted by molar-refractivity contribution is -0.119. The number of benzene rings is 2. The quantitative estimate of drug-likeness (QED) is 0.733. The molecule has 0 unspecified atom stereocenters. The van der Waals surface area contributed by atoms with Crippen LogP contribution in [0, 0.1) is 5.82 Å². The first-order valence-corrected chi connectivity index (χ1v) is 9.38. The Morgan fingerprint density at radius 1 is 1.19 bits per heavy atom. The van der Waals surface area contributed by atoms with Gasteiger partial charge >= 0.3 is 5.97 Å². The molecule has 0 saturated heterocycles. The van der Waals surface area contributed by atoms with Gasteiger partial charge < -0.3 is 10.1 Å². The molecule has 0 aliphatic carbocycles. The zero-order valence-electron chi connectivity index (χ0n) is 14.4. The van der Waals surface area contributed by atoms with Crippen LogP contribution in [0.3, 0.4) is 0 Å². The van der Waals surface area contributed by atoms with Crippen molar-refractivity contribution < 1.29 is 27.1 Å². The number of esters is 1. The fourth-order valence-corrected chi connectivity index (χ4v) is 3.23. The first kappa shape index (κ1) is 20.8. The standard InChI is InChI=1S/C17H16ClFN2O5S/c1-21(2)27(24,25)12-6-3-5-11(9-12)20-15(22)10-26-17(23)16-13(18)7-4-8-14(16)19/h3-9H,10H2,1-2H3,(H,20,22). The van der Waals surface area contributed by atoms with E-state index in [-0.39, 0.29) is 15.6 Å². The van der Waals surface area contributed by atoms with E-state index in [1.807, 2.05) is 0 Å². The van der Waals surface area contributed by atoms with Gasteiger partial charge in [0, 0.05) is 19.8 Å². The third-order valence-corrected chi connectivity index (χ3v) is 5.52. The van der Waals surface area contributed by atoms with Gasteiger partial charge in [-0.3, -0.25) is 4.79 Å². The molecular weight excluding hydrogens is 399 g/mol. The van der Waals surface area contributed by atoms with Crippen molar-refractivity contribution in [3.8, 4) is 0 Å². The summed E-state index contributed by atoms with van der Waals surface area (Å²) in [7, 11) is -0.900. The Hall–Kier alpha value is -2.49. The van der Waals surface area contributed by atoms with Crippen molar-refractivity contribution in [1.29, 1.82) is 0 Å². The number of nitrogens with one attached hydrogen (secondary N) is 1. The number of sulfonamides is 1. The average molecular weight is 415 g/mol. The Labute approximate surface area is 160 Å².